The molecule has 4 N–H and O–H groups in total. The minimum Gasteiger partial charge on any atom is -0.432 e. The van der Waals surface area contributed by atoms with Crippen LogP contribution in [0, 0.1) is 0 Å². The van der Waals surface area contributed by atoms with E-state index in [4.69, 9.17) is 27.4 Å². The Labute approximate surface area is 215 Å². The number of aromatic nitrogens is 2. The molecule has 2 aromatic rings. The Morgan fingerprint density at radius 3 is 2.73 bits per heavy atom. The average molecular weight is 546 g/mol. The number of hydrogen-bond donors (Lipinski definition) is 4. The van der Waals surface area contributed by atoms with E-state index in [9.17, 15) is 29.2 Å². The first-order valence-electron chi connectivity index (χ1n) is 12.5. The summed E-state index contributed by atoms with van der Waals surface area (Å²) in [5.41, 5.74) is -3.89. The van der Waals surface area contributed by atoms with Crippen molar-refractivity contribution in [1.29, 1.82) is 0 Å². The van der Waals surface area contributed by atoms with E-state index in [0.717, 1.165) is 13.1 Å². The molecule has 5 atom stereocenters. The summed E-state index contributed by atoms with van der Waals surface area (Å²) in [6, 6.07) is 7.78. The van der Waals surface area contributed by atoms with E-state index in [1.807, 2.05) is 4.98 Å². The molecule has 0 aliphatic carbocycles. The van der Waals surface area contributed by atoms with Crippen LogP contribution in [0.15, 0.2) is 52.2 Å². The summed E-state index contributed by atoms with van der Waals surface area (Å²) in [6.45, 7) is -0.157. The van der Waals surface area contributed by atoms with Crippen molar-refractivity contribution in [3.05, 3.63) is 69.0 Å². The lowest BCUT2D eigenvalue weighted by atomic mass is 9.96. The number of ether oxygens (including phenoxy) is 3. The Bertz CT molecular complexity index is 1350. The molecule has 1 fully saturated rings. The van der Waals surface area contributed by atoms with Crippen molar-refractivity contribution in [3.63, 3.8) is 0 Å². The summed E-state index contributed by atoms with van der Waals surface area (Å²) in [6.07, 6.45) is -6.89. The van der Waals surface area contributed by atoms with Gasteiger partial charge in [-0.05, 0) is 26.3 Å². The normalized spacial score (nSPS) is 26.6. The fourth-order valence-electron chi connectivity index (χ4n) is 3.18. The second-order valence-electron chi connectivity index (χ2n) is 8.35. The predicted molar refractivity (Wildman–Crippen MR) is 127 cm³/mol. The zero-order chi connectivity index (χ0) is 29.9. The SMILES string of the molecule is [2H]c1cn([C@@H]2O[C@H](C([2H])([2H])OP(=O)(NCc3ccccc3)OCOC(=O)OC(C)C)[C@@H](O)[C@@]2(C)O)c(=O)[nH]c1=O. The Morgan fingerprint density at radius 2 is 2.05 bits per heavy atom. The van der Waals surface area contributed by atoms with Crippen molar-refractivity contribution in [1.82, 2.24) is 14.6 Å². The summed E-state index contributed by atoms with van der Waals surface area (Å²) in [7, 11) is -4.71. The smallest absolute Gasteiger partial charge is 0.432 e. The largest absolute Gasteiger partial charge is 0.510 e. The van der Waals surface area contributed by atoms with Crippen molar-refractivity contribution in [2.45, 2.75) is 57.5 Å². The highest BCUT2D eigenvalue weighted by Gasteiger charge is 2.54. The number of carbonyl (C=O) groups excluding carboxylic acids is 1. The first-order valence-corrected chi connectivity index (χ1v) is 12.6. The number of aliphatic hydroxyl groups excluding tert-OH is 1. The maximum atomic E-state index is 13.6. The summed E-state index contributed by atoms with van der Waals surface area (Å²) >= 11 is 0. The van der Waals surface area contributed by atoms with Crippen molar-refractivity contribution < 1.29 is 46.9 Å². The molecule has 1 aromatic carbocycles. The minimum atomic E-state index is -4.71. The van der Waals surface area contributed by atoms with Gasteiger partial charge in [0.2, 0.25) is 6.79 Å². The van der Waals surface area contributed by atoms with Gasteiger partial charge in [-0.3, -0.25) is 23.4 Å². The summed E-state index contributed by atoms with van der Waals surface area (Å²) in [5, 5.41) is 24.1. The fourth-order valence-corrected chi connectivity index (χ4v) is 4.20. The topological polar surface area (TPSA) is 188 Å². The van der Waals surface area contributed by atoms with E-state index in [1.165, 1.54) is 0 Å². The molecule has 0 radical (unpaired) electrons. The Kier molecular flexibility index (Phi) is 8.03. The van der Waals surface area contributed by atoms with Gasteiger partial charge in [0.15, 0.2) is 6.23 Å². The lowest BCUT2D eigenvalue weighted by Crippen LogP contribution is -2.46. The van der Waals surface area contributed by atoms with Gasteiger partial charge in [-0.2, -0.15) is 0 Å². The number of rotatable bonds is 11. The third-order valence-corrected chi connectivity index (χ3v) is 6.38. The summed E-state index contributed by atoms with van der Waals surface area (Å²) in [5.74, 6) is 0. The van der Waals surface area contributed by atoms with Gasteiger partial charge in [0.25, 0.3) is 5.56 Å². The monoisotopic (exact) mass is 546 g/mol. The Hall–Kier alpha value is -2.84. The minimum absolute atomic E-state index is 0.155. The molecule has 3 rings (SSSR count). The van der Waals surface area contributed by atoms with E-state index in [0.29, 0.717) is 10.1 Å². The molecule has 14 nitrogen and oxygen atoms in total. The molecule has 1 aliphatic heterocycles. The molecule has 0 spiro atoms. The molecule has 0 bridgehead atoms. The molecule has 2 heterocycles. The maximum absolute atomic E-state index is 13.6. The summed E-state index contributed by atoms with van der Waals surface area (Å²) < 4.78 is 63.8. The molecular weight excluding hydrogens is 513 g/mol. The number of benzene rings is 1. The Balaban J connectivity index is 1.85. The lowest BCUT2D eigenvalue weighted by molar-refractivity contribution is -0.0986. The van der Waals surface area contributed by atoms with Crippen LogP contribution in [-0.2, 0) is 34.4 Å². The Morgan fingerprint density at radius 1 is 1.35 bits per heavy atom. The zero-order valence-electron chi connectivity index (χ0n) is 23.2. The van der Waals surface area contributed by atoms with Gasteiger partial charge >= 0.3 is 19.6 Å². The van der Waals surface area contributed by atoms with Crippen LogP contribution >= 0.6 is 7.75 Å². The van der Waals surface area contributed by atoms with E-state index < -0.39 is 74.7 Å². The molecule has 1 aliphatic rings. The average Bonchev–Trinajstić information content (AvgIpc) is 3.09. The molecule has 0 amide bonds. The van der Waals surface area contributed by atoms with Crippen LogP contribution in [0.4, 0.5) is 4.79 Å². The van der Waals surface area contributed by atoms with E-state index in [-0.39, 0.29) is 6.54 Å². The molecule has 1 saturated heterocycles. The van der Waals surface area contributed by atoms with Crippen molar-refractivity contribution in [3.8, 4) is 0 Å². The fraction of sp³-hybridized carbons (Fsp3) is 0.500. The third-order valence-electron chi connectivity index (χ3n) is 5.04. The van der Waals surface area contributed by atoms with Gasteiger partial charge in [0, 0.05) is 18.8 Å². The number of hydrogen-bond acceptors (Lipinski definition) is 11. The third kappa shape index (κ3) is 7.58. The van der Waals surface area contributed by atoms with E-state index in [1.54, 1.807) is 44.2 Å². The van der Waals surface area contributed by atoms with Crippen molar-refractivity contribution in [2.24, 2.45) is 0 Å². The predicted octanol–water partition coefficient (Wildman–Crippen LogP) is 0.996. The van der Waals surface area contributed by atoms with Crippen LogP contribution in [0.3, 0.4) is 0 Å². The van der Waals surface area contributed by atoms with E-state index >= 15 is 0 Å². The van der Waals surface area contributed by atoms with Gasteiger partial charge in [0.1, 0.15) is 17.8 Å². The number of carbonyl (C=O) groups is 1. The van der Waals surface area contributed by atoms with Crippen LogP contribution in [0.2, 0.25) is 0 Å². The van der Waals surface area contributed by atoms with Crippen LogP contribution in [0.1, 0.15) is 36.7 Å². The van der Waals surface area contributed by atoms with Crippen molar-refractivity contribution in [2.75, 3.05) is 13.4 Å². The zero-order valence-corrected chi connectivity index (χ0v) is 21.0. The molecular formula is C22H30N3O11P. The molecule has 1 aromatic heterocycles. The lowest BCUT2D eigenvalue weighted by Gasteiger charge is -2.27. The van der Waals surface area contributed by atoms with E-state index in [2.05, 4.69) is 5.09 Å². The second kappa shape index (κ2) is 12.1. The van der Waals surface area contributed by atoms with Gasteiger partial charge in [-0.1, -0.05) is 30.3 Å². The van der Waals surface area contributed by atoms with Crippen LogP contribution in [-0.4, -0.2) is 63.2 Å². The molecule has 15 heteroatoms. The number of aliphatic hydroxyl groups is 2. The number of nitrogens with one attached hydrogen (secondary N) is 2. The van der Waals surface area contributed by atoms with Gasteiger partial charge in [0.05, 0.1) is 16.8 Å². The molecule has 0 saturated carbocycles. The first-order chi connectivity index (χ1) is 18.6. The van der Waals surface area contributed by atoms with Gasteiger partial charge in [-0.15, -0.1) is 0 Å². The number of aromatic amines is 1. The highest BCUT2D eigenvalue weighted by atomic mass is 31.2. The quantitative estimate of drug-likeness (QED) is 0.178. The highest BCUT2D eigenvalue weighted by molar-refractivity contribution is 7.51. The highest BCUT2D eigenvalue weighted by Crippen LogP contribution is 2.46. The molecule has 37 heavy (non-hydrogen) atoms. The van der Waals surface area contributed by atoms with Gasteiger partial charge in [-0.25, -0.2) is 19.2 Å². The number of H-pyrrole nitrogens is 1. The van der Waals surface area contributed by atoms with Crippen LogP contribution < -0.4 is 16.3 Å². The molecule has 1 unspecified atom stereocenters. The maximum Gasteiger partial charge on any atom is 0.510 e. The summed E-state index contributed by atoms with van der Waals surface area (Å²) in [4.78, 5) is 37.4. The second-order valence-corrected chi connectivity index (χ2v) is 10.1. The van der Waals surface area contributed by atoms with Crippen LogP contribution in [0.25, 0.3) is 0 Å². The van der Waals surface area contributed by atoms with Crippen molar-refractivity contribution >= 4 is 13.9 Å². The van der Waals surface area contributed by atoms with Crippen LogP contribution in [0.5, 0.6) is 0 Å². The standard InChI is InChI=1S/C22H30N3O11P/c1-14(2)35-21(29)32-13-34-37(31,23-11-15-7-5-4-6-8-15)33-12-16-18(27)22(3,30)19(36-16)25-10-9-17(26)24-20(25)28/h4-10,14,16,18-19,27,30H,11-13H2,1-3H3,(H,23,31)(H,24,26,28)/t16-,18-,19-,22-,37?/m1/s1/i9D,12D2. The number of nitrogens with zero attached hydrogens (tertiary/aromatic N) is 1. The molecule has 204 valence electrons. The van der Waals surface area contributed by atoms with Gasteiger partial charge < -0.3 is 24.4 Å². The first kappa shape index (κ1) is 24.5.